The van der Waals surface area contributed by atoms with Gasteiger partial charge in [0.05, 0.1) is 34.4 Å². The van der Waals surface area contributed by atoms with E-state index in [2.05, 4.69) is 32.6 Å². The first-order chi connectivity index (χ1) is 22.2. The maximum atomic E-state index is 14.5. The molecule has 5 atom stereocenters. The van der Waals surface area contributed by atoms with Crippen LogP contribution in [0.15, 0.2) is 30.3 Å². The molecule has 2 aromatic carbocycles. The van der Waals surface area contributed by atoms with Crippen LogP contribution in [0.2, 0.25) is 0 Å². The molecular weight excluding hydrogens is 582 g/mol. The summed E-state index contributed by atoms with van der Waals surface area (Å²) in [5.74, 6) is 0.0881. The number of carboxylic acids is 1. The first-order valence-electron chi connectivity index (χ1n) is 17.2. The lowest BCUT2D eigenvalue weighted by Crippen LogP contribution is -2.40. The Kier molecular flexibility index (Phi) is 14.5. The zero-order valence-electron chi connectivity index (χ0n) is 29.4. The molecule has 0 bridgehead atoms. The number of carboxylic acid groups (broad SMARTS) is 1. The fourth-order valence-electron chi connectivity index (χ4n) is 7.16. The summed E-state index contributed by atoms with van der Waals surface area (Å²) in [5, 5.41) is 10.8. The van der Waals surface area contributed by atoms with Crippen LogP contribution in [0, 0.1) is 17.8 Å². The Morgan fingerprint density at radius 3 is 1.70 bits per heavy atom. The molecule has 0 saturated heterocycles. The van der Waals surface area contributed by atoms with Crippen LogP contribution in [0.5, 0.6) is 23.0 Å². The molecule has 0 radical (unpaired) electrons. The van der Waals surface area contributed by atoms with Crippen LogP contribution in [0.1, 0.15) is 114 Å². The van der Waals surface area contributed by atoms with Gasteiger partial charge < -0.3 is 29.0 Å². The minimum absolute atomic E-state index is 0.0230. The SMILES string of the molecule is CCCCC(CC)CN(CC(CC)CCCC)C(=O)CC1c2cc(OC)c(OC)cc2C(c2ccc(OC)c(OC)c2)C1C(=O)O. The minimum Gasteiger partial charge on any atom is -0.493 e. The highest BCUT2D eigenvalue weighted by atomic mass is 16.5. The van der Waals surface area contributed by atoms with Crippen molar-refractivity contribution in [2.75, 3.05) is 41.5 Å². The molecule has 1 aliphatic rings. The molecule has 46 heavy (non-hydrogen) atoms. The van der Waals surface area contributed by atoms with Crippen LogP contribution in [0.25, 0.3) is 0 Å². The molecule has 1 amide bonds. The van der Waals surface area contributed by atoms with Crippen LogP contribution in [0.4, 0.5) is 0 Å². The molecule has 5 unspecified atom stereocenters. The Balaban J connectivity index is 2.11. The molecule has 0 aliphatic heterocycles. The summed E-state index contributed by atoms with van der Waals surface area (Å²) in [6, 6.07) is 9.28. The highest BCUT2D eigenvalue weighted by Crippen LogP contribution is 2.54. The van der Waals surface area contributed by atoms with E-state index in [1.165, 1.54) is 0 Å². The Morgan fingerprint density at radius 2 is 1.24 bits per heavy atom. The maximum absolute atomic E-state index is 14.5. The average Bonchev–Trinajstić information content (AvgIpc) is 3.39. The van der Waals surface area contributed by atoms with Crippen molar-refractivity contribution in [1.82, 2.24) is 4.90 Å². The molecule has 8 nitrogen and oxygen atoms in total. The van der Waals surface area contributed by atoms with E-state index < -0.39 is 23.7 Å². The number of hydrogen-bond donors (Lipinski definition) is 1. The van der Waals surface area contributed by atoms with Crippen LogP contribution < -0.4 is 18.9 Å². The number of amides is 1. The van der Waals surface area contributed by atoms with Crippen molar-refractivity contribution in [3.05, 3.63) is 47.0 Å². The standard InChI is InChI=1S/C38H57NO7/c1-9-13-15-25(11-3)23-39(24-26(12-4)16-14-10-2)35(40)22-30-28-20-33(45-7)34(46-8)21-29(28)36(37(30)38(41)42)27-17-18-31(43-5)32(19-27)44-6/h17-21,25-26,30,36-37H,9-16,22-24H2,1-8H3,(H,41,42). The van der Waals surface area contributed by atoms with Crippen LogP contribution >= 0.6 is 0 Å². The molecule has 1 aliphatic carbocycles. The number of fused-ring (bicyclic) bond motifs is 1. The largest absolute Gasteiger partial charge is 0.493 e. The number of unbranched alkanes of at least 4 members (excludes halogenated alkanes) is 2. The Hall–Kier alpha value is -3.42. The highest BCUT2D eigenvalue weighted by Gasteiger charge is 2.48. The maximum Gasteiger partial charge on any atom is 0.308 e. The van der Waals surface area contributed by atoms with Gasteiger partial charge in [0.25, 0.3) is 0 Å². The molecular formula is C38H57NO7. The van der Waals surface area contributed by atoms with Crippen molar-refractivity contribution in [2.24, 2.45) is 17.8 Å². The smallest absolute Gasteiger partial charge is 0.308 e. The van der Waals surface area contributed by atoms with Gasteiger partial charge in [0.15, 0.2) is 23.0 Å². The summed E-state index contributed by atoms with van der Waals surface area (Å²) in [5.41, 5.74) is 2.42. The minimum atomic E-state index is -0.943. The summed E-state index contributed by atoms with van der Waals surface area (Å²) in [6.07, 6.45) is 8.84. The third-order valence-corrected chi connectivity index (χ3v) is 9.96. The molecule has 0 aromatic heterocycles. The van der Waals surface area contributed by atoms with Crippen molar-refractivity contribution in [3.63, 3.8) is 0 Å². The number of ether oxygens (including phenoxy) is 4. The van der Waals surface area contributed by atoms with E-state index in [4.69, 9.17) is 18.9 Å². The molecule has 3 rings (SSSR count). The topological polar surface area (TPSA) is 94.5 Å². The van der Waals surface area contributed by atoms with Gasteiger partial charge in [-0.2, -0.15) is 0 Å². The number of aliphatic carboxylic acids is 1. The fraction of sp³-hybridized carbons (Fsp3) is 0.632. The molecule has 256 valence electrons. The van der Waals surface area contributed by atoms with Crippen LogP contribution in [-0.2, 0) is 9.59 Å². The Labute approximate surface area is 276 Å². The van der Waals surface area contributed by atoms with E-state index in [9.17, 15) is 14.7 Å². The normalized spacial score (nSPS) is 18.4. The van der Waals surface area contributed by atoms with E-state index in [0.717, 1.165) is 68.1 Å². The van der Waals surface area contributed by atoms with E-state index >= 15 is 0 Å². The summed E-state index contributed by atoms with van der Waals surface area (Å²) in [7, 11) is 6.29. The van der Waals surface area contributed by atoms with E-state index in [1.54, 1.807) is 34.5 Å². The monoisotopic (exact) mass is 639 g/mol. The van der Waals surface area contributed by atoms with Gasteiger partial charge in [-0.3, -0.25) is 9.59 Å². The molecule has 1 N–H and O–H groups in total. The van der Waals surface area contributed by atoms with Crippen LogP contribution in [-0.4, -0.2) is 63.4 Å². The van der Waals surface area contributed by atoms with E-state index in [0.29, 0.717) is 47.9 Å². The summed E-state index contributed by atoms with van der Waals surface area (Å²) in [4.78, 5) is 29.8. The van der Waals surface area contributed by atoms with Gasteiger partial charge in [-0.05, 0) is 65.6 Å². The lowest BCUT2D eigenvalue weighted by atomic mass is 9.81. The van der Waals surface area contributed by atoms with E-state index in [1.807, 2.05) is 24.3 Å². The van der Waals surface area contributed by atoms with E-state index in [-0.39, 0.29) is 12.3 Å². The lowest BCUT2D eigenvalue weighted by molar-refractivity contribution is -0.143. The number of methoxy groups -OCH3 is 4. The quantitative estimate of drug-likeness (QED) is 0.156. The van der Waals surface area contributed by atoms with Gasteiger partial charge in [-0.25, -0.2) is 0 Å². The van der Waals surface area contributed by atoms with Gasteiger partial charge in [0.2, 0.25) is 5.91 Å². The second-order valence-corrected chi connectivity index (χ2v) is 12.7. The van der Waals surface area contributed by atoms with Crippen molar-refractivity contribution in [1.29, 1.82) is 0 Å². The van der Waals surface area contributed by atoms with Crippen LogP contribution in [0.3, 0.4) is 0 Å². The van der Waals surface area contributed by atoms with Gasteiger partial charge >= 0.3 is 5.97 Å². The molecule has 8 heteroatoms. The number of carbonyl (C=O) groups is 2. The third kappa shape index (κ3) is 8.68. The summed E-state index contributed by atoms with van der Waals surface area (Å²) in [6.45, 7) is 10.2. The second kappa shape index (κ2) is 18.1. The second-order valence-electron chi connectivity index (χ2n) is 12.7. The summed E-state index contributed by atoms with van der Waals surface area (Å²) >= 11 is 0. The van der Waals surface area contributed by atoms with Gasteiger partial charge in [0, 0.05) is 31.3 Å². The summed E-state index contributed by atoms with van der Waals surface area (Å²) < 4.78 is 22.4. The number of benzene rings is 2. The third-order valence-electron chi connectivity index (χ3n) is 9.96. The number of rotatable bonds is 20. The lowest BCUT2D eigenvalue weighted by Gasteiger charge is -2.32. The number of carbonyl (C=O) groups excluding carboxylic acids is 1. The Morgan fingerprint density at radius 1 is 0.739 bits per heavy atom. The van der Waals surface area contributed by atoms with Crippen molar-refractivity contribution in [2.45, 2.75) is 97.3 Å². The number of hydrogen-bond acceptors (Lipinski definition) is 6. The molecule has 2 aromatic rings. The molecule has 0 spiro atoms. The predicted molar refractivity (Wildman–Crippen MR) is 183 cm³/mol. The van der Waals surface area contributed by atoms with Gasteiger partial charge in [0.1, 0.15) is 0 Å². The van der Waals surface area contributed by atoms with Gasteiger partial charge in [-0.15, -0.1) is 0 Å². The van der Waals surface area contributed by atoms with Crippen molar-refractivity contribution in [3.8, 4) is 23.0 Å². The average molecular weight is 640 g/mol. The number of nitrogens with zero attached hydrogens (tertiary/aromatic N) is 1. The van der Waals surface area contributed by atoms with Crippen molar-refractivity contribution >= 4 is 11.9 Å². The first kappa shape index (κ1) is 37.0. The predicted octanol–water partition coefficient (Wildman–Crippen LogP) is 8.30. The Bertz CT molecular complexity index is 1260. The van der Waals surface area contributed by atoms with Crippen molar-refractivity contribution < 1.29 is 33.6 Å². The zero-order chi connectivity index (χ0) is 33.8. The molecule has 0 heterocycles. The first-order valence-corrected chi connectivity index (χ1v) is 17.2. The molecule has 0 saturated carbocycles. The fourth-order valence-corrected chi connectivity index (χ4v) is 7.16. The van der Waals surface area contributed by atoms with Gasteiger partial charge in [-0.1, -0.05) is 72.3 Å². The molecule has 0 fully saturated rings. The zero-order valence-corrected chi connectivity index (χ0v) is 29.4. The highest BCUT2D eigenvalue weighted by molar-refractivity contribution is 5.82.